The Kier molecular flexibility index (Phi) is 3.95. The summed E-state index contributed by atoms with van der Waals surface area (Å²) in [6, 6.07) is 7.57. The fraction of sp³-hybridized carbons (Fsp3) is 0.250. The minimum Gasteiger partial charge on any atom is -0.493 e. The van der Waals surface area contributed by atoms with Crippen molar-refractivity contribution in [3.8, 4) is 5.75 Å². The molecule has 0 spiro atoms. The number of halogens is 3. The Morgan fingerprint density at radius 3 is 2.62 bits per heavy atom. The van der Waals surface area contributed by atoms with Crippen LogP contribution in [-0.4, -0.2) is 11.7 Å². The highest BCUT2D eigenvalue weighted by atomic mass is 79.9. The molecular weight excluding hydrogens is 342 g/mol. The number of ether oxygens (including phenoxy) is 1. The molecule has 1 unspecified atom stereocenters. The van der Waals surface area contributed by atoms with Crippen LogP contribution in [0.3, 0.4) is 0 Å². The van der Waals surface area contributed by atoms with Crippen molar-refractivity contribution in [2.45, 2.75) is 18.9 Å². The van der Waals surface area contributed by atoms with Gasteiger partial charge < -0.3 is 9.84 Å². The molecule has 1 aliphatic rings. The van der Waals surface area contributed by atoms with Crippen LogP contribution in [0, 0.1) is 11.6 Å². The third kappa shape index (κ3) is 2.68. The van der Waals surface area contributed by atoms with Gasteiger partial charge in [0.1, 0.15) is 23.5 Å². The normalized spacial score (nSPS) is 15.2. The van der Waals surface area contributed by atoms with Gasteiger partial charge in [-0.3, -0.25) is 0 Å². The first kappa shape index (κ1) is 14.5. The quantitative estimate of drug-likeness (QED) is 0.878. The Morgan fingerprint density at radius 2 is 1.90 bits per heavy atom. The SMILES string of the molecule is OC(c1cccc2c1OCCC2)c1c(F)cc(Br)cc1F. The van der Waals surface area contributed by atoms with E-state index in [1.807, 2.05) is 6.07 Å². The lowest BCUT2D eigenvalue weighted by Crippen LogP contribution is -2.14. The zero-order chi connectivity index (χ0) is 15.0. The minimum atomic E-state index is -1.40. The molecule has 0 radical (unpaired) electrons. The molecule has 0 aliphatic carbocycles. The van der Waals surface area contributed by atoms with Gasteiger partial charge in [0.25, 0.3) is 0 Å². The van der Waals surface area contributed by atoms with Crippen molar-refractivity contribution < 1.29 is 18.6 Å². The molecule has 2 nitrogen and oxygen atoms in total. The zero-order valence-corrected chi connectivity index (χ0v) is 12.7. The molecule has 1 atom stereocenters. The maximum atomic E-state index is 14.0. The minimum absolute atomic E-state index is 0.291. The molecule has 110 valence electrons. The van der Waals surface area contributed by atoms with Crippen molar-refractivity contribution in [1.29, 1.82) is 0 Å². The van der Waals surface area contributed by atoms with E-state index < -0.39 is 17.7 Å². The van der Waals surface area contributed by atoms with Crippen LogP contribution in [0.5, 0.6) is 5.75 Å². The molecule has 1 aliphatic heterocycles. The van der Waals surface area contributed by atoms with Crippen LogP contribution < -0.4 is 4.74 Å². The van der Waals surface area contributed by atoms with E-state index in [9.17, 15) is 13.9 Å². The summed E-state index contributed by atoms with van der Waals surface area (Å²) in [6.45, 7) is 0.544. The summed E-state index contributed by atoms with van der Waals surface area (Å²) >= 11 is 3.03. The summed E-state index contributed by atoms with van der Waals surface area (Å²) in [6.07, 6.45) is 0.334. The highest BCUT2D eigenvalue weighted by Crippen LogP contribution is 2.37. The third-order valence-corrected chi connectivity index (χ3v) is 4.03. The molecule has 1 heterocycles. The summed E-state index contributed by atoms with van der Waals surface area (Å²) in [5.41, 5.74) is 0.990. The summed E-state index contributed by atoms with van der Waals surface area (Å²) in [5.74, 6) is -1.04. The molecule has 0 saturated carbocycles. The maximum absolute atomic E-state index is 14.0. The second-order valence-electron chi connectivity index (χ2n) is 4.97. The summed E-state index contributed by atoms with van der Waals surface area (Å²) in [5, 5.41) is 10.4. The van der Waals surface area contributed by atoms with E-state index in [-0.39, 0.29) is 5.56 Å². The Balaban J connectivity index is 2.09. The number of aliphatic hydroxyl groups is 1. The predicted octanol–water partition coefficient (Wildman–Crippen LogP) is 4.13. The van der Waals surface area contributed by atoms with Crippen LogP contribution in [0.2, 0.25) is 0 Å². The predicted molar refractivity (Wildman–Crippen MR) is 78.4 cm³/mol. The standard InChI is InChI=1S/C16H13BrF2O2/c17-10-7-12(18)14(13(19)8-10)15(20)11-5-1-3-9-4-2-6-21-16(9)11/h1,3,5,7-8,15,20H,2,4,6H2. The van der Waals surface area contributed by atoms with Crippen LogP contribution in [0.4, 0.5) is 8.78 Å². The maximum Gasteiger partial charge on any atom is 0.133 e. The van der Waals surface area contributed by atoms with Crippen molar-refractivity contribution in [2.24, 2.45) is 0 Å². The van der Waals surface area contributed by atoms with Crippen LogP contribution >= 0.6 is 15.9 Å². The third-order valence-electron chi connectivity index (χ3n) is 3.58. The molecule has 5 heteroatoms. The molecule has 0 bridgehead atoms. The Bertz CT molecular complexity index is 665. The van der Waals surface area contributed by atoms with Crippen molar-refractivity contribution in [3.05, 3.63) is 63.1 Å². The lowest BCUT2D eigenvalue weighted by atomic mass is 9.95. The molecule has 0 aromatic heterocycles. The van der Waals surface area contributed by atoms with Gasteiger partial charge in [-0.15, -0.1) is 0 Å². The summed E-state index contributed by atoms with van der Waals surface area (Å²) in [4.78, 5) is 0. The van der Waals surface area contributed by atoms with Gasteiger partial charge >= 0.3 is 0 Å². The number of para-hydroxylation sites is 1. The lowest BCUT2D eigenvalue weighted by Gasteiger charge is -2.23. The first-order valence-electron chi connectivity index (χ1n) is 6.65. The Morgan fingerprint density at radius 1 is 1.19 bits per heavy atom. The Hall–Kier alpha value is -1.46. The number of benzene rings is 2. The summed E-state index contributed by atoms with van der Waals surface area (Å²) < 4.78 is 33.9. The molecule has 0 saturated heterocycles. The van der Waals surface area contributed by atoms with E-state index in [4.69, 9.17) is 4.74 Å². The van der Waals surface area contributed by atoms with E-state index >= 15 is 0 Å². The van der Waals surface area contributed by atoms with Gasteiger partial charge in [-0.2, -0.15) is 0 Å². The highest BCUT2D eigenvalue weighted by molar-refractivity contribution is 9.10. The average Bonchev–Trinajstić information content (AvgIpc) is 2.45. The monoisotopic (exact) mass is 354 g/mol. The van der Waals surface area contributed by atoms with Gasteiger partial charge in [-0.05, 0) is 30.5 Å². The molecule has 3 rings (SSSR count). The van der Waals surface area contributed by atoms with Gasteiger partial charge in [-0.25, -0.2) is 8.78 Å². The van der Waals surface area contributed by atoms with Crippen LogP contribution in [0.1, 0.15) is 29.2 Å². The second kappa shape index (κ2) is 5.73. The molecule has 0 amide bonds. The van der Waals surface area contributed by atoms with E-state index in [1.165, 1.54) is 0 Å². The van der Waals surface area contributed by atoms with Gasteiger partial charge in [0.15, 0.2) is 0 Å². The number of fused-ring (bicyclic) bond motifs is 1. The molecule has 1 N–H and O–H groups in total. The van der Waals surface area contributed by atoms with E-state index in [0.29, 0.717) is 22.4 Å². The topological polar surface area (TPSA) is 29.5 Å². The number of hydrogen-bond acceptors (Lipinski definition) is 2. The fourth-order valence-electron chi connectivity index (χ4n) is 2.60. The average molecular weight is 355 g/mol. The molecule has 0 fully saturated rings. The van der Waals surface area contributed by atoms with Crippen LogP contribution in [-0.2, 0) is 6.42 Å². The van der Waals surface area contributed by atoms with Crippen LogP contribution in [0.25, 0.3) is 0 Å². The van der Waals surface area contributed by atoms with Crippen molar-refractivity contribution in [2.75, 3.05) is 6.61 Å². The number of aliphatic hydroxyl groups excluding tert-OH is 1. The number of aryl methyl sites for hydroxylation is 1. The van der Waals surface area contributed by atoms with E-state index in [2.05, 4.69) is 15.9 Å². The molecule has 21 heavy (non-hydrogen) atoms. The van der Waals surface area contributed by atoms with Crippen molar-refractivity contribution >= 4 is 15.9 Å². The van der Waals surface area contributed by atoms with Crippen molar-refractivity contribution in [3.63, 3.8) is 0 Å². The van der Waals surface area contributed by atoms with Gasteiger partial charge in [0.05, 0.1) is 12.2 Å². The van der Waals surface area contributed by atoms with E-state index in [0.717, 1.165) is 30.5 Å². The highest BCUT2D eigenvalue weighted by Gasteiger charge is 2.25. The van der Waals surface area contributed by atoms with Crippen LogP contribution in [0.15, 0.2) is 34.8 Å². The Labute approximate surface area is 129 Å². The lowest BCUT2D eigenvalue weighted by molar-refractivity contribution is 0.197. The van der Waals surface area contributed by atoms with Gasteiger partial charge in [0, 0.05) is 10.0 Å². The van der Waals surface area contributed by atoms with Crippen molar-refractivity contribution in [1.82, 2.24) is 0 Å². The van der Waals surface area contributed by atoms with E-state index in [1.54, 1.807) is 12.1 Å². The van der Waals surface area contributed by atoms with Gasteiger partial charge in [-0.1, -0.05) is 34.1 Å². The summed E-state index contributed by atoms with van der Waals surface area (Å²) in [7, 11) is 0. The number of rotatable bonds is 2. The smallest absolute Gasteiger partial charge is 0.133 e. The first-order chi connectivity index (χ1) is 10.1. The molecular formula is C16H13BrF2O2. The fourth-order valence-corrected chi connectivity index (χ4v) is 3.00. The number of hydrogen-bond donors (Lipinski definition) is 1. The first-order valence-corrected chi connectivity index (χ1v) is 7.44. The second-order valence-corrected chi connectivity index (χ2v) is 5.89. The molecule has 2 aromatic rings. The zero-order valence-electron chi connectivity index (χ0n) is 11.1. The molecule has 2 aromatic carbocycles. The van der Waals surface area contributed by atoms with Gasteiger partial charge in [0.2, 0.25) is 0 Å². The largest absolute Gasteiger partial charge is 0.493 e.